The average Bonchev–Trinajstić information content (AvgIpc) is 2.35. The summed E-state index contributed by atoms with van der Waals surface area (Å²) in [6.45, 7) is 7.09. The third-order valence-electron chi connectivity index (χ3n) is 2.58. The van der Waals surface area contributed by atoms with Crippen molar-refractivity contribution < 1.29 is 4.74 Å². The molecule has 1 aromatic carbocycles. The SMILES string of the molecule is CCCNCC(CC)OCc1ccccc1. The summed E-state index contributed by atoms with van der Waals surface area (Å²) in [5.41, 5.74) is 1.25. The summed E-state index contributed by atoms with van der Waals surface area (Å²) in [6, 6.07) is 10.3. The molecule has 0 aliphatic rings. The number of hydrogen-bond acceptors (Lipinski definition) is 2. The molecule has 1 N–H and O–H groups in total. The van der Waals surface area contributed by atoms with Gasteiger partial charge in [0.2, 0.25) is 0 Å². The average molecular weight is 221 g/mol. The van der Waals surface area contributed by atoms with Crippen LogP contribution < -0.4 is 5.32 Å². The minimum absolute atomic E-state index is 0.326. The van der Waals surface area contributed by atoms with Crippen LogP contribution >= 0.6 is 0 Å². The van der Waals surface area contributed by atoms with Crippen LogP contribution in [-0.4, -0.2) is 19.2 Å². The molecule has 0 aliphatic carbocycles. The standard InChI is InChI=1S/C14H23NO/c1-3-10-15-11-14(4-2)16-12-13-8-6-5-7-9-13/h5-9,14-15H,3-4,10-12H2,1-2H3. The Balaban J connectivity index is 2.23. The highest BCUT2D eigenvalue weighted by Crippen LogP contribution is 2.05. The van der Waals surface area contributed by atoms with E-state index in [9.17, 15) is 0 Å². The lowest BCUT2D eigenvalue weighted by Crippen LogP contribution is -2.29. The van der Waals surface area contributed by atoms with Crippen molar-refractivity contribution in [3.05, 3.63) is 35.9 Å². The minimum atomic E-state index is 0.326. The first-order chi connectivity index (χ1) is 7.86. The molecule has 0 saturated carbocycles. The summed E-state index contributed by atoms with van der Waals surface area (Å²) in [4.78, 5) is 0. The molecule has 1 unspecified atom stereocenters. The summed E-state index contributed by atoms with van der Waals surface area (Å²) in [5.74, 6) is 0. The molecule has 0 radical (unpaired) electrons. The van der Waals surface area contributed by atoms with Crippen LogP contribution in [0.15, 0.2) is 30.3 Å². The fraction of sp³-hybridized carbons (Fsp3) is 0.571. The maximum atomic E-state index is 5.86. The third kappa shape index (κ3) is 5.29. The van der Waals surface area contributed by atoms with E-state index in [1.54, 1.807) is 0 Å². The third-order valence-corrected chi connectivity index (χ3v) is 2.58. The van der Waals surface area contributed by atoms with Crippen LogP contribution in [-0.2, 0) is 11.3 Å². The molecule has 0 bridgehead atoms. The molecule has 1 aromatic rings. The zero-order valence-corrected chi connectivity index (χ0v) is 10.4. The molecule has 2 nitrogen and oxygen atoms in total. The van der Waals surface area contributed by atoms with E-state index < -0.39 is 0 Å². The van der Waals surface area contributed by atoms with Gasteiger partial charge >= 0.3 is 0 Å². The van der Waals surface area contributed by atoms with Crippen LogP contribution in [0, 0.1) is 0 Å². The maximum absolute atomic E-state index is 5.86. The van der Waals surface area contributed by atoms with E-state index in [4.69, 9.17) is 4.74 Å². The smallest absolute Gasteiger partial charge is 0.0721 e. The van der Waals surface area contributed by atoms with E-state index in [0.717, 1.165) is 19.5 Å². The number of nitrogens with one attached hydrogen (secondary N) is 1. The highest BCUT2D eigenvalue weighted by atomic mass is 16.5. The van der Waals surface area contributed by atoms with Gasteiger partial charge in [-0.3, -0.25) is 0 Å². The maximum Gasteiger partial charge on any atom is 0.0721 e. The molecular weight excluding hydrogens is 198 g/mol. The highest BCUT2D eigenvalue weighted by Gasteiger charge is 2.05. The lowest BCUT2D eigenvalue weighted by Gasteiger charge is -2.16. The summed E-state index contributed by atoms with van der Waals surface area (Å²) >= 11 is 0. The van der Waals surface area contributed by atoms with Gasteiger partial charge < -0.3 is 10.1 Å². The predicted octanol–water partition coefficient (Wildman–Crippen LogP) is 2.98. The largest absolute Gasteiger partial charge is 0.372 e. The molecule has 0 aromatic heterocycles. The Labute approximate surface area is 99.0 Å². The van der Waals surface area contributed by atoms with Gasteiger partial charge in [0.25, 0.3) is 0 Å². The molecule has 0 spiro atoms. The molecule has 1 rings (SSSR count). The van der Waals surface area contributed by atoms with Gasteiger partial charge in [-0.05, 0) is 24.9 Å². The second kappa shape index (κ2) is 8.31. The van der Waals surface area contributed by atoms with Crippen molar-refractivity contribution in [1.29, 1.82) is 0 Å². The lowest BCUT2D eigenvalue weighted by molar-refractivity contribution is 0.0385. The van der Waals surface area contributed by atoms with Crippen molar-refractivity contribution in [3.63, 3.8) is 0 Å². The molecule has 2 heteroatoms. The molecule has 0 fully saturated rings. The Morgan fingerprint density at radius 2 is 1.94 bits per heavy atom. The van der Waals surface area contributed by atoms with Crippen LogP contribution in [0.4, 0.5) is 0 Å². The first-order valence-electron chi connectivity index (χ1n) is 6.23. The fourth-order valence-corrected chi connectivity index (χ4v) is 1.55. The Morgan fingerprint density at radius 1 is 1.19 bits per heavy atom. The van der Waals surface area contributed by atoms with E-state index in [0.29, 0.717) is 12.7 Å². The molecule has 0 saturated heterocycles. The van der Waals surface area contributed by atoms with Crippen molar-refractivity contribution in [2.24, 2.45) is 0 Å². The van der Waals surface area contributed by atoms with Crippen LogP contribution in [0.25, 0.3) is 0 Å². The Hall–Kier alpha value is -0.860. The van der Waals surface area contributed by atoms with E-state index in [-0.39, 0.29) is 0 Å². The van der Waals surface area contributed by atoms with Crippen molar-refractivity contribution >= 4 is 0 Å². The first-order valence-corrected chi connectivity index (χ1v) is 6.23. The number of rotatable bonds is 8. The van der Waals surface area contributed by atoms with E-state index >= 15 is 0 Å². The zero-order valence-electron chi connectivity index (χ0n) is 10.4. The highest BCUT2D eigenvalue weighted by molar-refractivity contribution is 5.13. The number of ether oxygens (including phenoxy) is 1. The quantitative estimate of drug-likeness (QED) is 0.681. The zero-order chi connectivity index (χ0) is 11.6. The molecule has 1 atom stereocenters. The summed E-state index contributed by atoms with van der Waals surface area (Å²) in [7, 11) is 0. The van der Waals surface area contributed by atoms with Gasteiger partial charge in [0.05, 0.1) is 12.7 Å². The minimum Gasteiger partial charge on any atom is -0.372 e. The number of hydrogen-bond donors (Lipinski definition) is 1. The van der Waals surface area contributed by atoms with Gasteiger partial charge in [-0.15, -0.1) is 0 Å². The van der Waals surface area contributed by atoms with Crippen LogP contribution in [0.3, 0.4) is 0 Å². The van der Waals surface area contributed by atoms with Gasteiger partial charge in [0, 0.05) is 6.54 Å². The van der Waals surface area contributed by atoms with Gasteiger partial charge in [-0.1, -0.05) is 44.2 Å². The lowest BCUT2D eigenvalue weighted by atomic mass is 10.2. The monoisotopic (exact) mass is 221 g/mol. The Morgan fingerprint density at radius 3 is 2.56 bits per heavy atom. The van der Waals surface area contributed by atoms with Gasteiger partial charge in [0.15, 0.2) is 0 Å². The van der Waals surface area contributed by atoms with E-state index in [2.05, 4.69) is 43.4 Å². The summed E-state index contributed by atoms with van der Waals surface area (Å²) in [5, 5.41) is 3.40. The van der Waals surface area contributed by atoms with Crippen LogP contribution in [0.5, 0.6) is 0 Å². The summed E-state index contributed by atoms with van der Waals surface area (Å²) < 4.78 is 5.86. The second-order valence-corrected chi connectivity index (χ2v) is 4.03. The van der Waals surface area contributed by atoms with Crippen molar-refractivity contribution in [3.8, 4) is 0 Å². The Kier molecular flexibility index (Phi) is 6.86. The number of benzene rings is 1. The summed E-state index contributed by atoms with van der Waals surface area (Å²) in [6.07, 6.45) is 2.56. The topological polar surface area (TPSA) is 21.3 Å². The van der Waals surface area contributed by atoms with Crippen LogP contribution in [0.2, 0.25) is 0 Å². The molecule has 0 aliphatic heterocycles. The Bertz CT molecular complexity index is 261. The molecule has 16 heavy (non-hydrogen) atoms. The van der Waals surface area contributed by atoms with E-state index in [1.807, 2.05) is 6.07 Å². The predicted molar refractivity (Wildman–Crippen MR) is 68.5 cm³/mol. The van der Waals surface area contributed by atoms with Crippen LogP contribution in [0.1, 0.15) is 32.3 Å². The van der Waals surface area contributed by atoms with Gasteiger partial charge in [-0.25, -0.2) is 0 Å². The van der Waals surface area contributed by atoms with Gasteiger partial charge in [0.1, 0.15) is 0 Å². The van der Waals surface area contributed by atoms with E-state index in [1.165, 1.54) is 12.0 Å². The molecular formula is C14H23NO. The van der Waals surface area contributed by atoms with Crippen molar-refractivity contribution in [1.82, 2.24) is 5.32 Å². The first kappa shape index (κ1) is 13.2. The molecule has 0 heterocycles. The van der Waals surface area contributed by atoms with Gasteiger partial charge in [-0.2, -0.15) is 0 Å². The van der Waals surface area contributed by atoms with Crippen molar-refractivity contribution in [2.45, 2.75) is 39.4 Å². The molecule has 0 amide bonds. The fourth-order valence-electron chi connectivity index (χ4n) is 1.55. The normalized spacial score (nSPS) is 12.6. The second-order valence-electron chi connectivity index (χ2n) is 4.03. The van der Waals surface area contributed by atoms with Crippen molar-refractivity contribution in [2.75, 3.05) is 13.1 Å². The molecule has 90 valence electrons.